The molecule has 0 aliphatic carbocycles. The van der Waals surface area contributed by atoms with Crippen molar-refractivity contribution in [3.8, 4) is 0 Å². The number of esters is 1. The molecule has 2 aliphatic heterocycles. The third-order valence-corrected chi connectivity index (χ3v) is 9.90. The van der Waals surface area contributed by atoms with Crippen LogP contribution in [-0.2, 0) is 32.5 Å². The Morgan fingerprint density at radius 1 is 1.10 bits per heavy atom. The fourth-order valence-corrected chi connectivity index (χ4v) is 7.94. The van der Waals surface area contributed by atoms with Crippen molar-refractivity contribution in [2.24, 2.45) is 0 Å². The predicted molar refractivity (Wildman–Crippen MR) is 120 cm³/mol. The molecule has 0 spiro atoms. The molecular formula is C20H30N2O5S3. The van der Waals surface area contributed by atoms with E-state index in [1.807, 2.05) is 6.26 Å². The van der Waals surface area contributed by atoms with E-state index in [1.165, 1.54) is 11.4 Å². The Hall–Kier alpha value is -1.10. The number of sulfonamides is 1. The highest BCUT2D eigenvalue weighted by Crippen LogP contribution is 2.38. The van der Waals surface area contributed by atoms with Gasteiger partial charge in [0.2, 0.25) is 5.91 Å². The number of hydrogen-bond acceptors (Lipinski definition) is 7. The van der Waals surface area contributed by atoms with E-state index in [1.54, 1.807) is 16.7 Å². The average molecular weight is 475 g/mol. The summed E-state index contributed by atoms with van der Waals surface area (Å²) in [7, 11) is -2.51. The van der Waals surface area contributed by atoms with Gasteiger partial charge in [-0.3, -0.25) is 4.79 Å². The standard InChI is InChI=1S/C20H30N2O5S3/c1-27-19(24)18-15-8-12-21(17(23)9-13-28-2)14-16(15)29-20(18)30(25,26)22-10-6-4-3-5-7-11-22/h3-14H2,1-2H3. The second kappa shape index (κ2) is 10.5. The third kappa shape index (κ3) is 5.03. The van der Waals surface area contributed by atoms with Crippen molar-refractivity contribution < 1.29 is 22.7 Å². The number of methoxy groups -OCH3 is 1. The van der Waals surface area contributed by atoms with Gasteiger partial charge >= 0.3 is 5.97 Å². The molecule has 1 aromatic rings. The normalized spacial score (nSPS) is 18.4. The van der Waals surface area contributed by atoms with Gasteiger partial charge < -0.3 is 9.64 Å². The van der Waals surface area contributed by atoms with Gasteiger partial charge in [0.1, 0.15) is 4.21 Å². The zero-order chi connectivity index (χ0) is 21.7. The summed E-state index contributed by atoms with van der Waals surface area (Å²) >= 11 is 2.76. The lowest BCUT2D eigenvalue weighted by Gasteiger charge is -2.27. The van der Waals surface area contributed by atoms with E-state index in [2.05, 4.69) is 0 Å². The van der Waals surface area contributed by atoms with Crippen molar-refractivity contribution in [3.63, 3.8) is 0 Å². The molecule has 168 valence electrons. The zero-order valence-corrected chi connectivity index (χ0v) is 20.1. The Morgan fingerprint density at radius 3 is 2.40 bits per heavy atom. The molecule has 0 radical (unpaired) electrons. The molecule has 10 heteroatoms. The number of rotatable bonds is 6. The zero-order valence-electron chi connectivity index (χ0n) is 17.6. The summed E-state index contributed by atoms with van der Waals surface area (Å²) in [4.78, 5) is 27.6. The van der Waals surface area contributed by atoms with Crippen LogP contribution in [-0.4, -0.2) is 68.3 Å². The Bertz CT molecular complexity index is 873. The monoisotopic (exact) mass is 474 g/mol. The Morgan fingerprint density at radius 2 is 1.77 bits per heavy atom. The molecule has 0 unspecified atom stereocenters. The molecule has 3 rings (SSSR count). The van der Waals surface area contributed by atoms with Gasteiger partial charge in [0, 0.05) is 36.7 Å². The molecule has 3 heterocycles. The first-order valence-corrected chi connectivity index (χ1v) is 14.0. The van der Waals surface area contributed by atoms with Gasteiger partial charge in [0.25, 0.3) is 10.0 Å². The quantitative estimate of drug-likeness (QED) is 0.589. The maximum atomic E-state index is 13.5. The van der Waals surface area contributed by atoms with Crippen molar-refractivity contribution in [1.29, 1.82) is 0 Å². The van der Waals surface area contributed by atoms with Crippen molar-refractivity contribution in [2.45, 2.75) is 55.7 Å². The largest absolute Gasteiger partial charge is 0.465 e. The minimum Gasteiger partial charge on any atom is -0.465 e. The molecule has 30 heavy (non-hydrogen) atoms. The minimum atomic E-state index is -3.79. The molecule has 7 nitrogen and oxygen atoms in total. The van der Waals surface area contributed by atoms with E-state index in [0.717, 1.165) is 59.6 Å². The van der Waals surface area contributed by atoms with E-state index >= 15 is 0 Å². The molecule has 1 saturated heterocycles. The van der Waals surface area contributed by atoms with E-state index in [4.69, 9.17) is 4.74 Å². The fourth-order valence-electron chi connectivity index (χ4n) is 4.01. The molecule has 1 amide bonds. The number of hydrogen-bond donors (Lipinski definition) is 0. The van der Waals surface area contributed by atoms with Crippen LogP contribution in [0, 0.1) is 0 Å². The number of fused-ring (bicyclic) bond motifs is 1. The first-order chi connectivity index (χ1) is 14.4. The second-order valence-corrected chi connectivity index (χ2v) is 11.9. The van der Waals surface area contributed by atoms with Gasteiger partial charge in [0.05, 0.1) is 19.2 Å². The fraction of sp³-hybridized carbons (Fsp3) is 0.700. The Kier molecular flexibility index (Phi) is 8.23. The van der Waals surface area contributed by atoms with E-state index < -0.39 is 16.0 Å². The lowest BCUT2D eigenvalue weighted by Crippen LogP contribution is -2.36. The third-order valence-electron chi connectivity index (χ3n) is 5.68. The highest BCUT2D eigenvalue weighted by Gasteiger charge is 2.37. The molecule has 0 saturated carbocycles. The van der Waals surface area contributed by atoms with Crippen molar-refractivity contribution in [3.05, 3.63) is 16.0 Å². The van der Waals surface area contributed by atoms with Crippen LogP contribution in [0.5, 0.6) is 0 Å². The molecule has 0 atom stereocenters. The molecule has 0 N–H and O–H groups in total. The minimum absolute atomic E-state index is 0.0659. The van der Waals surface area contributed by atoms with Crippen molar-refractivity contribution in [1.82, 2.24) is 9.21 Å². The van der Waals surface area contributed by atoms with Crippen LogP contribution in [0.1, 0.15) is 59.3 Å². The summed E-state index contributed by atoms with van der Waals surface area (Å²) in [5.74, 6) is 0.214. The summed E-state index contributed by atoms with van der Waals surface area (Å²) < 4.78 is 33.6. The summed E-state index contributed by atoms with van der Waals surface area (Å²) in [6, 6.07) is 0. The first-order valence-electron chi connectivity index (χ1n) is 10.4. The SMILES string of the molecule is COC(=O)c1c(S(=O)(=O)N2CCCCCCC2)sc2c1CCN(C(=O)CCSC)C2. The molecule has 0 bridgehead atoms. The number of thioether (sulfide) groups is 1. The topological polar surface area (TPSA) is 84.0 Å². The highest BCUT2D eigenvalue weighted by atomic mass is 32.2. The summed E-state index contributed by atoms with van der Waals surface area (Å²) in [5.41, 5.74) is 0.905. The van der Waals surface area contributed by atoms with Gasteiger partial charge in [-0.15, -0.1) is 11.3 Å². The van der Waals surface area contributed by atoms with E-state index in [9.17, 15) is 18.0 Å². The summed E-state index contributed by atoms with van der Waals surface area (Å²) in [6.07, 6.45) is 7.72. The number of carbonyl (C=O) groups excluding carboxylic acids is 2. The number of ether oxygens (including phenoxy) is 1. The molecule has 1 aromatic heterocycles. The number of nitrogens with zero attached hydrogens (tertiary/aromatic N) is 2. The van der Waals surface area contributed by atoms with Gasteiger partial charge in [-0.25, -0.2) is 13.2 Å². The van der Waals surface area contributed by atoms with Crippen LogP contribution in [0.2, 0.25) is 0 Å². The van der Waals surface area contributed by atoms with Gasteiger partial charge in [-0.2, -0.15) is 16.1 Å². The molecule has 0 aromatic carbocycles. The summed E-state index contributed by atoms with van der Waals surface area (Å²) in [5, 5.41) is 0. The maximum absolute atomic E-state index is 13.5. The van der Waals surface area contributed by atoms with Crippen molar-refractivity contribution in [2.75, 3.05) is 38.8 Å². The number of thiophene rings is 1. The van der Waals surface area contributed by atoms with E-state index in [-0.39, 0.29) is 15.7 Å². The second-order valence-electron chi connectivity index (χ2n) is 7.64. The Balaban J connectivity index is 1.94. The lowest BCUT2D eigenvalue weighted by molar-refractivity contribution is -0.131. The predicted octanol–water partition coefficient (Wildman–Crippen LogP) is 3.13. The van der Waals surface area contributed by atoms with Crippen LogP contribution in [0.4, 0.5) is 0 Å². The maximum Gasteiger partial charge on any atom is 0.340 e. The van der Waals surface area contributed by atoms with Crippen LogP contribution < -0.4 is 0 Å². The molecule has 1 fully saturated rings. The first kappa shape index (κ1) is 23.6. The van der Waals surface area contributed by atoms with Crippen LogP contribution in [0.15, 0.2) is 4.21 Å². The van der Waals surface area contributed by atoms with Crippen LogP contribution in [0.3, 0.4) is 0 Å². The van der Waals surface area contributed by atoms with Gasteiger partial charge in [-0.1, -0.05) is 19.3 Å². The molecular weight excluding hydrogens is 444 g/mol. The van der Waals surface area contributed by atoms with Crippen molar-refractivity contribution >= 4 is 45.0 Å². The average Bonchev–Trinajstić information content (AvgIpc) is 3.10. The Labute approximate surface area is 187 Å². The number of carbonyl (C=O) groups is 2. The smallest absolute Gasteiger partial charge is 0.340 e. The van der Waals surface area contributed by atoms with Crippen LogP contribution in [0.25, 0.3) is 0 Å². The van der Waals surface area contributed by atoms with Gasteiger partial charge in [-0.05, 0) is 31.1 Å². The highest BCUT2D eigenvalue weighted by molar-refractivity contribution is 7.98. The summed E-state index contributed by atoms with van der Waals surface area (Å²) in [6.45, 7) is 1.80. The molecule has 2 aliphatic rings. The lowest BCUT2D eigenvalue weighted by atomic mass is 10.0. The van der Waals surface area contributed by atoms with Crippen LogP contribution >= 0.6 is 23.1 Å². The van der Waals surface area contributed by atoms with Gasteiger partial charge in [0.15, 0.2) is 0 Å². The van der Waals surface area contributed by atoms with E-state index in [0.29, 0.717) is 39.0 Å². The number of amides is 1.